The van der Waals surface area contributed by atoms with Crippen LogP contribution >= 0.6 is 11.6 Å². The topological polar surface area (TPSA) is 108 Å². The molecule has 0 atom stereocenters. The second-order valence-electron chi connectivity index (χ2n) is 4.27. The van der Waals surface area contributed by atoms with Crippen molar-refractivity contribution in [1.29, 1.82) is 0 Å². The van der Waals surface area contributed by atoms with Crippen molar-refractivity contribution in [1.82, 2.24) is 14.6 Å². The Kier molecular flexibility index (Phi) is 2.91. The third kappa shape index (κ3) is 2.03. The molecule has 0 aliphatic rings. The summed E-state index contributed by atoms with van der Waals surface area (Å²) < 4.78 is 1.35. The number of fused-ring (bicyclic) bond motifs is 1. The fourth-order valence-electron chi connectivity index (χ4n) is 1.97. The molecular formula is C13H8ClN3O4. The lowest BCUT2D eigenvalue weighted by molar-refractivity contribution is 0.0696. The third-order valence-electron chi connectivity index (χ3n) is 2.96. The molecule has 7 nitrogen and oxygen atoms in total. The lowest BCUT2D eigenvalue weighted by Gasteiger charge is -2.05. The zero-order valence-corrected chi connectivity index (χ0v) is 11.1. The monoisotopic (exact) mass is 305 g/mol. The van der Waals surface area contributed by atoms with E-state index in [4.69, 9.17) is 16.7 Å². The Labute approximate surface area is 122 Å². The Morgan fingerprint density at radius 3 is 2.71 bits per heavy atom. The molecule has 21 heavy (non-hydrogen) atoms. The molecule has 0 bridgehead atoms. The lowest BCUT2D eigenvalue weighted by Crippen LogP contribution is -2.00. The van der Waals surface area contributed by atoms with Crippen LogP contribution in [-0.2, 0) is 0 Å². The number of hydrogen-bond donors (Lipinski definition) is 3. The molecule has 0 saturated carbocycles. The van der Waals surface area contributed by atoms with Crippen LogP contribution in [0, 0.1) is 0 Å². The molecule has 1 aromatic carbocycles. The van der Waals surface area contributed by atoms with Gasteiger partial charge in [-0.15, -0.1) is 10.2 Å². The standard InChI is InChI=1S/C13H8ClN3O4/c14-8-4-6(13(20)21)5-17-11(15-16-12(8)17)7-2-1-3-9(18)10(7)19/h1-5,18-19H,(H,20,21). The van der Waals surface area contributed by atoms with E-state index in [9.17, 15) is 15.0 Å². The summed E-state index contributed by atoms with van der Waals surface area (Å²) in [5.74, 6) is -1.67. The maximum absolute atomic E-state index is 11.1. The van der Waals surface area contributed by atoms with Gasteiger partial charge in [0.2, 0.25) is 0 Å². The summed E-state index contributed by atoms with van der Waals surface area (Å²) in [7, 11) is 0. The van der Waals surface area contributed by atoms with E-state index in [1.807, 2.05) is 0 Å². The smallest absolute Gasteiger partial charge is 0.337 e. The average Bonchev–Trinajstić information content (AvgIpc) is 2.86. The first-order valence-corrected chi connectivity index (χ1v) is 6.15. The number of rotatable bonds is 2. The van der Waals surface area contributed by atoms with Crippen LogP contribution in [0.25, 0.3) is 17.0 Å². The van der Waals surface area contributed by atoms with E-state index in [-0.39, 0.29) is 39.1 Å². The number of carboxylic acids is 1. The number of aromatic nitrogens is 3. The molecule has 3 rings (SSSR count). The molecule has 0 radical (unpaired) electrons. The molecular weight excluding hydrogens is 298 g/mol. The van der Waals surface area contributed by atoms with Crippen LogP contribution in [0.1, 0.15) is 10.4 Å². The van der Waals surface area contributed by atoms with Gasteiger partial charge in [-0.2, -0.15) is 0 Å². The molecule has 3 aromatic rings. The van der Waals surface area contributed by atoms with Crippen molar-refractivity contribution in [2.45, 2.75) is 0 Å². The minimum Gasteiger partial charge on any atom is -0.504 e. The van der Waals surface area contributed by atoms with Crippen LogP contribution in [0.3, 0.4) is 0 Å². The van der Waals surface area contributed by atoms with E-state index in [0.717, 1.165) is 0 Å². The highest BCUT2D eigenvalue weighted by molar-refractivity contribution is 6.33. The molecule has 0 spiro atoms. The Morgan fingerprint density at radius 1 is 1.24 bits per heavy atom. The fourth-order valence-corrected chi connectivity index (χ4v) is 2.21. The lowest BCUT2D eigenvalue weighted by atomic mass is 10.1. The Morgan fingerprint density at radius 2 is 2.00 bits per heavy atom. The molecule has 0 aliphatic heterocycles. The van der Waals surface area contributed by atoms with Gasteiger partial charge in [0.25, 0.3) is 0 Å². The first-order chi connectivity index (χ1) is 9.99. The molecule has 2 aromatic heterocycles. The molecule has 0 fully saturated rings. The van der Waals surface area contributed by atoms with Gasteiger partial charge in [0.05, 0.1) is 16.1 Å². The first kappa shape index (κ1) is 13.2. The van der Waals surface area contributed by atoms with Crippen molar-refractivity contribution in [3.8, 4) is 22.9 Å². The van der Waals surface area contributed by atoms with Crippen molar-refractivity contribution in [3.05, 3.63) is 41.0 Å². The number of benzene rings is 1. The van der Waals surface area contributed by atoms with Crippen molar-refractivity contribution < 1.29 is 20.1 Å². The number of aromatic hydroxyl groups is 2. The first-order valence-electron chi connectivity index (χ1n) is 5.78. The normalized spacial score (nSPS) is 10.9. The SMILES string of the molecule is O=C(O)c1cc(Cl)c2nnc(-c3cccc(O)c3O)n2c1. The van der Waals surface area contributed by atoms with Crippen LogP contribution in [-0.4, -0.2) is 35.9 Å². The van der Waals surface area contributed by atoms with E-state index in [1.54, 1.807) is 0 Å². The van der Waals surface area contributed by atoms with E-state index in [2.05, 4.69) is 10.2 Å². The fraction of sp³-hybridized carbons (Fsp3) is 0. The maximum Gasteiger partial charge on any atom is 0.337 e. The molecule has 2 heterocycles. The zero-order valence-electron chi connectivity index (χ0n) is 10.4. The van der Waals surface area contributed by atoms with Gasteiger partial charge in [0.15, 0.2) is 23.0 Å². The van der Waals surface area contributed by atoms with Gasteiger partial charge in [0, 0.05) is 6.20 Å². The van der Waals surface area contributed by atoms with Crippen molar-refractivity contribution in [3.63, 3.8) is 0 Å². The van der Waals surface area contributed by atoms with Crippen LogP contribution in [0.15, 0.2) is 30.5 Å². The van der Waals surface area contributed by atoms with Gasteiger partial charge in [-0.3, -0.25) is 4.40 Å². The zero-order chi connectivity index (χ0) is 15.1. The minimum absolute atomic E-state index is 0.0480. The Bertz CT molecular complexity index is 875. The van der Waals surface area contributed by atoms with Gasteiger partial charge in [-0.25, -0.2) is 4.79 Å². The second kappa shape index (κ2) is 4.64. The third-order valence-corrected chi connectivity index (χ3v) is 3.24. The Balaban J connectivity index is 2.33. The summed E-state index contributed by atoms with van der Waals surface area (Å²) >= 11 is 5.98. The highest BCUT2D eigenvalue weighted by Crippen LogP contribution is 2.35. The largest absolute Gasteiger partial charge is 0.504 e. The van der Waals surface area contributed by atoms with Crippen molar-refractivity contribution in [2.75, 3.05) is 0 Å². The van der Waals surface area contributed by atoms with Gasteiger partial charge in [0.1, 0.15) is 0 Å². The van der Waals surface area contributed by atoms with E-state index >= 15 is 0 Å². The molecule has 0 unspecified atom stereocenters. The molecule has 0 amide bonds. The summed E-state index contributed by atoms with van der Waals surface area (Å²) in [5.41, 5.74) is 0.411. The van der Waals surface area contributed by atoms with Gasteiger partial charge >= 0.3 is 5.97 Å². The number of nitrogens with zero attached hydrogens (tertiary/aromatic N) is 3. The minimum atomic E-state index is -1.15. The summed E-state index contributed by atoms with van der Waals surface area (Å²) in [6.07, 6.45) is 1.29. The quantitative estimate of drug-likeness (QED) is 0.626. The van der Waals surface area contributed by atoms with Crippen LogP contribution in [0.4, 0.5) is 0 Å². The number of hydrogen-bond acceptors (Lipinski definition) is 5. The molecule has 106 valence electrons. The summed E-state index contributed by atoms with van der Waals surface area (Å²) in [5, 5.41) is 36.4. The number of halogens is 1. The molecule has 3 N–H and O–H groups in total. The predicted octanol–water partition coefficient (Wildman–Crippen LogP) is 2.16. The van der Waals surface area contributed by atoms with Crippen molar-refractivity contribution >= 4 is 23.2 Å². The van der Waals surface area contributed by atoms with Gasteiger partial charge in [-0.05, 0) is 18.2 Å². The Hall–Kier alpha value is -2.80. The van der Waals surface area contributed by atoms with E-state index in [1.165, 1.54) is 34.9 Å². The highest BCUT2D eigenvalue weighted by Gasteiger charge is 2.18. The summed E-state index contributed by atoms with van der Waals surface area (Å²) in [4.78, 5) is 11.1. The summed E-state index contributed by atoms with van der Waals surface area (Å²) in [6, 6.07) is 5.62. The number of phenols is 2. The molecule has 0 aliphatic carbocycles. The van der Waals surface area contributed by atoms with Crippen LogP contribution < -0.4 is 0 Å². The van der Waals surface area contributed by atoms with Gasteiger partial charge in [-0.1, -0.05) is 17.7 Å². The number of aromatic carboxylic acids is 1. The van der Waals surface area contributed by atoms with Crippen molar-refractivity contribution in [2.24, 2.45) is 0 Å². The average molecular weight is 306 g/mol. The molecule has 0 saturated heterocycles. The number of carbonyl (C=O) groups is 1. The maximum atomic E-state index is 11.1. The van der Waals surface area contributed by atoms with E-state index in [0.29, 0.717) is 0 Å². The predicted molar refractivity (Wildman–Crippen MR) is 73.7 cm³/mol. The van der Waals surface area contributed by atoms with Gasteiger partial charge < -0.3 is 15.3 Å². The van der Waals surface area contributed by atoms with Crippen LogP contribution in [0.2, 0.25) is 5.02 Å². The highest BCUT2D eigenvalue weighted by atomic mass is 35.5. The second-order valence-corrected chi connectivity index (χ2v) is 4.68. The number of phenolic OH excluding ortho intramolecular Hbond substituents is 2. The summed E-state index contributed by atoms with van der Waals surface area (Å²) in [6.45, 7) is 0. The number of para-hydroxylation sites is 1. The van der Waals surface area contributed by atoms with Crippen LogP contribution in [0.5, 0.6) is 11.5 Å². The van der Waals surface area contributed by atoms with E-state index < -0.39 is 5.97 Å². The molecule has 8 heteroatoms. The number of pyridine rings is 1. The number of carboxylic acid groups (broad SMARTS) is 1.